The lowest BCUT2D eigenvalue weighted by molar-refractivity contribution is -0.119. The summed E-state index contributed by atoms with van der Waals surface area (Å²) in [4.78, 5) is 10.6. The zero-order valence-corrected chi connectivity index (χ0v) is 7.71. The van der Waals surface area contributed by atoms with E-state index in [1.54, 1.807) is 0 Å². The molecule has 0 aromatic rings. The average molecular weight is 171 g/mol. The highest BCUT2D eigenvalue weighted by Crippen LogP contribution is 2.30. The van der Waals surface area contributed by atoms with Crippen LogP contribution in [0.1, 0.15) is 26.7 Å². The Hall–Kier alpha value is -0.570. The van der Waals surface area contributed by atoms with Gasteiger partial charge in [-0.05, 0) is 24.7 Å². The first-order valence-corrected chi connectivity index (χ1v) is 4.53. The number of amides is 1. The van der Waals surface area contributed by atoms with Crippen LogP contribution < -0.4 is 5.32 Å². The Bertz CT molecular complexity index is 170. The Morgan fingerprint density at radius 1 is 1.58 bits per heavy atom. The molecule has 3 nitrogen and oxygen atoms in total. The Balaban J connectivity index is 2.29. The summed E-state index contributed by atoms with van der Waals surface area (Å²) in [6.45, 7) is 4.29. The van der Waals surface area contributed by atoms with Gasteiger partial charge in [0, 0.05) is 13.5 Å². The van der Waals surface area contributed by atoms with Gasteiger partial charge < -0.3 is 10.4 Å². The second kappa shape index (κ2) is 3.90. The molecule has 0 aliphatic heterocycles. The predicted molar refractivity (Wildman–Crippen MR) is 46.6 cm³/mol. The van der Waals surface area contributed by atoms with Crippen LogP contribution in [0.15, 0.2) is 0 Å². The molecule has 1 fully saturated rings. The van der Waals surface area contributed by atoms with Gasteiger partial charge in [0.15, 0.2) is 0 Å². The van der Waals surface area contributed by atoms with Crippen LogP contribution in [0.5, 0.6) is 0 Å². The molecule has 3 atom stereocenters. The van der Waals surface area contributed by atoms with Crippen LogP contribution in [0.2, 0.25) is 0 Å². The highest BCUT2D eigenvalue weighted by Gasteiger charge is 2.30. The fraction of sp³-hybridized carbons (Fsp3) is 0.889. The number of rotatable bonds is 2. The van der Waals surface area contributed by atoms with Crippen molar-refractivity contribution in [2.75, 3.05) is 6.54 Å². The molecule has 1 saturated carbocycles. The Morgan fingerprint density at radius 2 is 2.25 bits per heavy atom. The molecule has 1 amide bonds. The molecule has 0 aromatic heterocycles. The minimum absolute atomic E-state index is 0.0172. The van der Waals surface area contributed by atoms with Crippen LogP contribution in [0, 0.1) is 11.8 Å². The first-order valence-electron chi connectivity index (χ1n) is 4.53. The molecule has 1 aliphatic rings. The molecule has 0 unspecified atom stereocenters. The Morgan fingerprint density at radius 3 is 2.67 bits per heavy atom. The van der Waals surface area contributed by atoms with E-state index >= 15 is 0 Å². The smallest absolute Gasteiger partial charge is 0.216 e. The van der Waals surface area contributed by atoms with Crippen molar-refractivity contribution in [1.29, 1.82) is 0 Å². The monoisotopic (exact) mass is 171 g/mol. The predicted octanol–water partition coefficient (Wildman–Crippen LogP) is 0.529. The van der Waals surface area contributed by atoms with Gasteiger partial charge in [-0.15, -0.1) is 0 Å². The zero-order chi connectivity index (χ0) is 9.14. The molecular weight excluding hydrogens is 154 g/mol. The van der Waals surface area contributed by atoms with E-state index in [1.807, 2.05) is 6.92 Å². The average Bonchev–Trinajstić information content (AvgIpc) is 2.30. The third-order valence-corrected chi connectivity index (χ3v) is 2.80. The van der Waals surface area contributed by atoms with E-state index in [0.717, 1.165) is 12.8 Å². The summed E-state index contributed by atoms with van der Waals surface area (Å²) >= 11 is 0. The van der Waals surface area contributed by atoms with E-state index in [9.17, 15) is 9.90 Å². The van der Waals surface area contributed by atoms with Gasteiger partial charge in [-0.3, -0.25) is 4.79 Å². The third-order valence-electron chi connectivity index (χ3n) is 2.80. The van der Waals surface area contributed by atoms with Gasteiger partial charge in [0.05, 0.1) is 6.10 Å². The van der Waals surface area contributed by atoms with Gasteiger partial charge in [0.2, 0.25) is 5.91 Å². The molecule has 1 rings (SSSR count). The summed E-state index contributed by atoms with van der Waals surface area (Å²) in [5.41, 5.74) is 0. The maximum atomic E-state index is 10.6. The van der Waals surface area contributed by atoms with Crippen LogP contribution in [0.4, 0.5) is 0 Å². The molecule has 1 aliphatic carbocycles. The van der Waals surface area contributed by atoms with Gasteiger partial charge in [-0.1, -0.05) is 6.92 Å². The SMILES string of the molecule is CC(=O)NC[C@@H]1CC[C@H](O)[C@H]1C. The first-order chi connectivity index (χ1) is 5.61. The van der Waals surface area contributed by atoms with Gasteiger partial charge in [-0.2, -0.15) is 0 Å². The number of hydrogen-bond donors (Lipinski definition) is 2. The van der Waals surface area contributed by atoms with Crippen molar-refractivity contribution in [3.8, 4) is 0 Å². The minimum Gasteiger partial charge on any atom is -0.393 e. The molecular formula is C9H17NO2. The second-order valence-electron chi connectivity index (χ2n) is 3.70. The van der Waals surface area contributed by atoms with Crippen molar-refractivity contribution < 1.29 is 9.90 Å². The van der Waals surface area contributed by atoms with Crippen molar-refractivity contribution in [2.24, 2.45) is 11.8 Å². The molecule has 0 heterocycles. The Labute approximate surface area is 73.2 Å². The molecule has 0 spiro atoms. The van der Waals surface area contributed by atoms with Crippen molar-refractivity contribution in [3.63, 3.8) is 0 Å². The summed E-state index contributed by atoms with van der Waals surface area (Å²) in [6, 6.07) is 0. The van der Waals surface area contributed by atoms with Gasteiger partial charge in [0.25, 0.3) is 0 Å². The molecule has 3 heteroatoms. The topological polar surface area (TPSA) is 49.3 Å². The summed E-state index contributed by atoms with van der Waals surface area (Å²) in [5, 5.41) is 12.2. The van der Waals surface area contributed by atoms with E-state index in [4.69, 9.17) is 0 Å². The summed E-state index contributed by atoms with van der Waals surface area (Å²) < 4.78 is 0. The van der Waals surface area contributed by atoms with Gasteiger partial charge in [-0.25, -0.2) is 0 Å². The van der Waals surface area contributed by atoms with E-state index < -0.39 is 0 Å². The molecule has 70 valence electrons. The van der Waals surface area contributed by atoms with Gasteiger partial charge >= 0.3 is 0 Å². The number of carbonyl (C=O) groups excluding carboxylic acids is 1. The van der Waals surface area contributed by atoms with Crippen LogP contribution in [-0.4, -0.2) is 23.7 Å². The standard InChI is InChI=1S/C9H17NO2/c1-6-8(3-4-9(6)12)5-10-7(2)11/h6,8-9,12H,3-5H2,1-2H3,(H,10,11)/t6-,8-,9-/m0/s1. The van der Waals surface area contributed by atoms with Crippen LogP contribution in [0.3, 0.4) is 0 Å². The zero-order valence-electron chi connectivity index (χ0n) is 7.71. The molecule has 0 aromatic carbocycles. The van der Waals surface area contributed by atoms with E-state index in [-0.39, 0.29) is 12.0 Å². The quantitative estimate of drug-likeness (QED) is 0.636. The Kier molecular flexibility index (Phi) is 3.09. The summed E-state index contributed by atoms with van der Waals surface area (Å²) in [5.74, 6) is 0.810. The minimum atomic E-state index is -0.163. The fourth-order valence-electron chi connectivity index (χ4n) is 1.79. The number of nitrogens with one attached hydrogen (secondary N) is 1. The van der Waals surface area contributed by atoms with Crippen molar-refractivity contribution in [2.45, 2.75) is 32.8 Å². The summed E-state index contributed by atoms with van der Waals surface area (Å²) in [7, 11) is 0. The van der Waals surface area contributed by atoms with Crippen molar-refractivity contribution in [3.05, 3.63) is 0 Å². The fourth-order valence-corrected chi connectivity index (χ4v) is 1.79. The molecule has 0 radical (unpaired) electrons. The third kappa shape index (κ3) is 2.21. The lowest BCUT2D eigenvalue weighted by atomic mass is 9.97. The first kappa shape index (κ1) is 9.52. The number of hydrogen-bond acceptors (Lipinski definition) is 2. The molecule has 12 heavy (non-hydrogen) atoms. The lowest BCUT2D eigenvalue weighted by Gasteiger charge is -2.17. The van der Waals surface area contributed by atoms with Crippen molar-refractivity contribution >= 4 is 5.91 Å². The van der Waals surface area contributed by atoms with E-state index in [1.165, 1.54) is 6.92 Å². The van der Waals surface area contributed by atoms with E-state index in [0.29, 0.717) is 18.4 Å². The summed E-state index contributed by atoms with van der Waals surface area (Å²) in [6.07, 6.45) is 1.75. The van der Waals surface area contributed by atoms with E-state index in [2.05, 4.69) is 5.32 Å². The van der Waals surface area contributed by atoms with Crippen LogP contribution in [0.25, 0.3) is 0 Å². The second-order valence-corrected chi connectivity index (χ2v) is 3.70. The number of carbonyl (C=O) groups is 1. The highest BCUT2D eigenvalue weighted by molar-refractivity contribution is 5.72. The van der Waals surface area contributed by atoms with Crippen molar-refractivity contribution in [1.82, 2.24) is 5.32 Å². The largest absolute Gasteiger partial charge is 0.393 e. The molecule has 2 N–H and O–H groups in total. The van der Waals surface area contributed by atoms with Crippen LogP contribution >= 0.6 is 0 Å². The maximum Gasteiger partial charge on any atom is 0.216 e. The normalized spacial score (nSPS) is 35.1. The molecule has 0 saturated heterocycles. The lowest BCUT2D eigenvalue weighted by Crippen LogP contribution is -2.29. The van der Waals surface area contributed by atoms with Gasteiger partial charge in [0.1, 0.15) is 0 Å². The molecule has 0 bridgehead atoms. The highest BCUT2D eigenvalue weighted by atomic mass is 16.3. The van der Waals surface area contributed by atoms with Crippen LogP contribution in [-0.2, 0) is 4.79 Å². The number of aliphatic hydroxyl groups excluding tert-OH is 1. The number of aliphatic hydroxyl groups is 1. The maximum absolute atomic E-state index is 10.6.